The van der Waals surface area contributed by atoms with Crippen LogP contribution in [0.3, 0.4) is 0 Å². The van der Waals surface area contributed by atoms with Crippen molar-refractivity contribution in [1.29, 1.82) is 0 Å². The first kappa shape index (κ1) is 15.6. The summed E-state index contributed by atoms with van der Waals surface area (Å²) in [6.45, 7) is 0.510. The fourth-order valence-electron chi connectivity index (χ4n) is 2.06. The number of imide groups is 1. The van der Waals surface area contributed by atoms with E-state index < -0.39 is 17.9 Å². The number of hydrogen-bond donors (Lipinski definition) is 3. The van der Waals surface area contributed by atoms with Crippen LogP contribution in [0.25, 0.3) is 0 Å². The molecule has 1 fully saturated rings. The molecule has 0 heterocycles. The molecule has 0 unspecified atom stereocenters. The van der Waals surface area contributed by atoms with Crippen molar-refractivity contribution in [2.24, 2.45) is 0 Å². The van der Waals surface area contributed by atoms with Crippen molar-refractivity contribution in [2.45, 2.75) is 30.4 Å². The minimum Gasteiger partial charge on any atom is -0.478 e. The van der Waals surface area contributed by atoms with E-state index in [2.05, 4.69) is 10.6 Å². The first-order valence-corrected chi connectivity index (χ1v) is 7.25. The predicted molar refractivity (Wildman–Crippen MR) is 73.0 cm³/mol. The van der Waals surface area contributed by atoms with Gasteiger partial charge >= 0.3 is 12.0 Å². The number of hydrogen-bond acceptors (Lipinski definition) is 4. The number of urea groups is 1. The van der Waals surface area contributed by atoms with E-state index >= 15 is 0 Å². The van der Waals surface area contributed by atoms with Crippen molar-refractivity contribution >= 4 is 29.7 Å². The van der Waals surface area contributed by atoms with E-state index in [0.29, 0.717) is 12.6 Å². The van der Waals surface area contributed by atoms with Gasteiger partial charge in [0.1, 0.15) is 0 Å². The van der Waals surface area contributed by atoms with Crippen molar-refractivity contribution in [3.8, 4) is 0 Å². The van der Waals surface area contributed by atoms with Crippen molar-refractivity contribution in [2.75, 3.05) is 12.8 Å². The molecule has 1 aliphatic rings. The Bertz CT molecular complexity index is 389. The van der Waals surface area contributed by atoms with Gasteiger partial charge in [-0.05, 0) is 19.1 Å². The molecule has 106 valence electrons. The lowest BCUT2D eigenvalue weighted by molar-refractivity contribution is -0.131. The van der Waals surface area contributed by atoms with E-state index in [4.69, 9.17) is 5.11 Å². The Morgan fingerprint density at radius 1 is 1.26 bits per heavy atom. The highest BCUT2D eigenvalue weighted by molar-refractivity contribution is 8.00. The van der Waals surface area contributed by atoms with E-state index in [1.807, 2.05) is 6.26 Å². The number of amides is 3. The maximum Gasteiger partial charge on any atom is 0.328 e. The van der Waals surface area contributed by atoms with Gasteiger partial charge in [-0.1, -0.05) is 12.8 Å². The van der Waals surface area contributed by atoms with E-state index in [1.54, 1.807) is 11.8 Å². The number of rotatable bonds is 5. The van der Waals surface area contributed by atoms with Crippen LogP contribution in [-0.4, -0.2) is 40.6 Å². The maximum absolute atomic E-state index is 11.5. The van der Waals surface area contributed by atoms with Gasteiger partial charge in [-0.25, -0.2) is 9.59 Å². The van der Waals surface area contributed by atoms with E-state index in [1.165, 1.54) is 0 Å². The summed E-state index contributed by atoms with van der Waals surface area (Å²) in [6, 6.07) is -0.597. The van der Waals surface area contributed by atoms with Crippen LogP contribution in [0, 0.1) is 0 Å². The Morgan fingerprint density at radius 2 is 1.89 bits per heavy atom. The number of carboxylic acids is 1. The monoisotopic (exact) mass is 286 g/mol. The van der Waals surface area contributed by atoms with Crippen LogP contribution in [0.1, 0.15) is 25.7 Å². The second-order valence-electron chi connectivity index (χ2n) is 4.44. The van der Waals surface area contributed by atoms with Gasteiger partial charge in [0.2, 0.25) is 0 Å². The van der Waals surface area contributed by atoms with Gasteiger partial charge in [-0.3, -0.25) is 10.1 Å². The zero-order valence-electron chi connectivity index (χ0n) is 10.8. The van der Waals surface area contributed by atoms with Crippen molar-refractivity contribution in [3.05, 3.63) is 12.2 Å². The minimum absolute atomic E-state index is 0.0668. The third-order valence-corrected chi connectivity index (χ3v) is 4.55. The molecule has 19 heavy (non-hydrogen) atoms. The van der Waals surface area contributed by atoms with Crippen LogP contribution < -0.4 is 10.6 Å². The Balaban J connectivity index is 2.35. The standard InChI is InChI=1S/C12H18N2O4S/c1-19-12(6-2-3-7-12)8-13-11(18)14-9(15)4-5-10(16)17/h4-5H,2-3,6-8H2,1H3,(H,16,17)(H2,13,14,15,18)/b5-4+. The summed E-state index contributed by atoms with van der Waals surface area (Å²) in [5.41, 5.74) is 0. The number of carboxylic acid groups (broad SMARTS) is 1. The zero-order valence-corrected chi connectivity index (χ0v) is 11.6. The molecule has 0 aromatic rings. The highest BCUT2D eigenvalue weighted by Crippen LogP contribution is 2.39. The molecule has 3 N–H and O–H groups in total. The second-order valence-corrected chi connectivity index (χ2v) is 5.71. The van der Waals surface area contributed by atoms with Crippen LogP contribution in [0.4, 0.5) is 4.79 Å². The summed E-state index contributed by atoms with van der Waals surface area (Å²) < 4.78 is 0.0668. The number of carbonyl (C=O) groups excluding carboxylic acids is 2. The molecule has 0 atom stereocenters. The van der Waals surface area contributed by atoms with Gasteiger partial charge < -0.3 is 10.4 Å². The Kier molecular flexibility index (Phi) is 5.88. The summed E-state index contributed by atoms with van der Waals surface area (Å²) in [6.07, 6.45) is 7.94. The Hall–Kier alpha value is -1.50. The first-order chi connectivity index (χ1) is 8.97. The summed E-state index contributed by atoms with van der Waals surface area (Å²) in [5.74, 6) is -1.98. The molecular weight excluding hydrogens is 268 g/mol. The number of nitrogens with one attached hydrogen (secondary N) is 2. The fraction of sp³-hybridized carbons (Fsp3) is 0.583. The lowest BCUT2D eigenvalue weighted by atomic mass is 10.1. The number of aliphatic carboxylic acids is 1. The Morgan fingerprint density at radius 3 is 2.42 bits per heavy atom. The lowest BCUT2D eigenvalue weighted by Crippen LogP contribution is -2.45. The van der Waals surface area contributed by atoms with Crippen LogP contribution >= 0.6 is 11.8 Å². The molecule has 0 aromatic carbocycles. The molecule has 3 amide bonds. The second kappa shape index (κ2) is 7.18. The quantitative estimate of drug-likeness (QED) is 0.658. The van der Waals surface area contributed by atoms with Crippen LogP contribution in [0.15, 0.2) is 12.2 Å². The summed E-state index contributed by atoms with van der Waals surface area (Å²) in [4.78, 5) is 32.9. The molecule has 6 nitrogen and oxygen atoms in total. The highest BCUT2D eigenvalue weighted by Gasteiger charge is 2.33. The third-order valence-electron chi connectivity index (χ3n) is 3.13. The van der Waals surface area contributed by atoms with Crippen molar-refractivity contribution in [1.82, 2.24) is 10.6 Å². The molecule has 0 spiro atoms. The number of thioether (sulfide) groups is 1. The molecule has 7 heteroatoms. The normalized spacial score (nSPS) is 17.3. The average molecular weight is 286 g/mol. The first-order valence-electron chi connectivity index (χ1n) is 6.02. The lowest BCUT2D eigenvalue weighted by Gasteiger charge is -2.26. The van der Waals surface area contributed by atoms with Gasteiger partial charge in [-0.15, -0.1) is 0 Å². The van der Waals surface area contributed by atoms with Crippen molar-refractivity contribution < 1.29 is 19.5 Å². The van der Waals surface area contributed by atoms with E-state index in [-0.39, 0.29) is 4.75 Å². The van der Waals surface area contributed by atoms with Gasteiger partial charge in [0.15, 0.2) is 0 Å². The molecule has 0 aliphatic heterocycles. The van der Waals surface area contributed by atoms with Gasteiger partial charge in [0.05, 0.1) is 0 Å². The van der Waals surface area contributed by atoms with Crippen LogP contribution in [0.5, 0.6) is 0 Å². The van der Waals surface area contributed by atoms with Crippen molar-refractivity contribution in [3.63, 3.8) is 0 Å². The molecule has 0 aromatic heterocycles. The maximum atomic E-state index is 11.5. The highest BCUT2D eigenvalue weighted by atomic mass is 32.2. The molecule has 0 saturated heterocycles. The number of carbonyl (C=O) groups is 3. The molecule has 1 aliphatic carbocycles. The van der Waals surface area contributed by atoms with Crippen LogP contribution in [0.2, 0.25) is 0 Å². The topological polar surface area (TPSA) is 95.5 Å². The summed E-state index contributed by atoms with van der Waals surface area (Å²) >= 11 is 1.74. The van der Waals surface area contributed by atoms with Gasteiger partial charge in [0, 0.05) is 23.4 Å². The minimum atomic E-state index is -1.23. The molecule has 1 rings (SSSR count). The largest absolute Gasteiger partial charge is 0.478 e. The third kappa shape index (κ3) is 5.34. The average Bonchev–Trinajstić information content (AvgIpc) is 2.83. The predicted octanol–water partition coefficient (Wildman–Crippen LogP) is 1.13. The molecule has 0 radical (unpaired) electrons. The SMILES string of the molecule is CSC1(CNC(=O)NC(=O)/C=C/C(=O)O)CCCC1. The molecular formula is C12H18N2O4S. The van der Waals surface area contributed by atoms with Gasteiger partial charge in [-0.2, -0.15) is 11.8 Å². The molecule has 1 saturated carbocycles. The van der Waals surface area contributed by atoms with Crippen LogP contribution in [-0.2, 0) is 9.59 Å². The van der Waals surface area contributed by atoms with E-state index in [0.717, 1.165) is 31.8 Å². The van der Waals surface area contributed by atoms with E-state index in [9.17, 15) is 14.4 Å². The Labute approximate surface area is 116 Å². The summed E-state index contributed by atoms with van der Waals surface area (Å²) in [5, 5.41) is 13.1. The van der Waals surface area contributed by atoms with Gasteiger partial charge in [0.25, 0.3) is 5.91 Å². The summed E-state index contributed by atoms with van der Waals surface area (Å²) in [7, 11) is 0. The smallest absolute Gasteiger partial charge is 0.328 e. The fourth-order valence-corrected chi connectivity index (χ4v) is 2.97. The molecule has 0 bridgehead atoms. The zero-order chi connectivity index (χ0) is 14.3.